The maximum atomic E-state index is 12.9. The van der Waals surface area contributed by atoms with Gasteiger partial charge in [0.1, 0.15) is 11.5 Å². The number of anilines is 1. The number of piperazine rings is 1. The first-order valence-electron chi connectivity index (χ1n) is 10.7. The molecule has 2 aliphatic heterocycles. The molecule has 0 radical (unpaired) electrons. The Kier molecular flexibility index (Phi) is 5.60. The van der Waals surface area contributed by atoms with Crippen LogP contribution in [0.2, 0.25) is 5.02 Å². The van der Waals surface area contributed by atoms with Crippen LogP contribution in [0.3, 0.4) is 0 Å². The van der Waals surface area contributed by atoms with Gasteiger partial charge < -0.3 is 14.7 Å². The minimum atomic E-state index is -0.157. The maximum Gasteiger partial charge on any atom is 0.231 e. The van der Waals surface area contributed by atoms with Crippen molar-refractivity contribution in [3.63, 3.8) is 0 Å². The quantitative estimate of drug-likeness (QED) is 0.572. The number of phenolic OH excluding ortho intramolecular Hbond substituents is 1. The van der Waals surface area contributed by atoms with E-state index in [4.69, 9.17) is 16.3 Å². The van der Waals surface area contributed by atoms with Crippen LogP contribution in [0.25, 0.3) is 6.08 Å². The molecule has 5 rings (SSSR count). The molecule has 32 heavy (non-hydrogen) atoms. The summed E-state index contributed by atoms with van der Waals surface area (Å²) in [4.78, 5) is 17.4. The van der Waals surface area contributed by atoms with Gasteiger partial charge in [-0.3, -0.25) is 9.69 Å². The molecule has 2 aliphatic rings. The second kappa shape index (κ2) is 8.69. The standard InChI is InChI=1S/C26H23ClN2O3/c27-19-7-4-8-20(16-19)29-13-11-28(12-14-29)17-22-23(30)10-9-21-25(31)24(32-26(21)22)15-18-5-2-1-3-6-18/h1-10,15-16,30H,11-14,17H2/b24-15-. The highest BCUT2D eigenvalue weighted by Gasteiger charge is 2.32. The molecule has 1 N–H and O–H groups in total. The predicted octanol–water partition coefficient (Wildman–Crippen LogP) is 4.98. The molecular formula is C26H23ClN2O3. The molecule has 0 aromatic heterocycles. The Morgan fingerprint density at radius 3 is 2.50 bits per heavy atom. The van der Waals surface area contributed by atoms with Crippen molar-refractivity contribution >= 4 is 29.1 Å². The summed E-state index contributed by atoms with van der Waals surface area (Å²) in [5, 5.41) is 11.3. The molecular weight excluding hydrogens is 424 g/mol. The fourth-order valence-corrected chi connectivity index (χ4v) is 4.40. The van der Waals surface area contributed by atoms with Crippen molar-refractivity contribution < 1.29 is 14.6 Å². The third-order valence-electron chi connectivity index (χ3n) is 5.94. The molecule has 3 aromatic rings. The number of ether oxygens (including phenoxy) is 1. The van der Waals surface area contributed by atoms with Crippen LogP contribution in [0, 0.1) is 0 Å². The normalized spacial score (nSPS) is 17.5. The molecule has 0 amide bonds. The number of carbonyl (C=O) groups is 1. The molecule has 1 fully saturated rings. The van der Waals surface area contributed by atoms with Crippen molar-refractivity contribution in [3.05, 3.63) is 94.2 Å². The molecule has 0 aliphatic carbocycles. The van der Waals surface area contributed by atoms with E-state index in [0.717, 1.165) is 42.5 Å². The van der Waals surface area contributed by atoms with Gasteiger partial charge in [0, 0.05) is 43.4 Å². The summed E-state index contributed by atoms with van der Waals surface area (Å²) >= 11 is 6.14. The summed E-state index contributed by atoms with van der Waals surface area (Å²) in [7, 11) is 0. The number of fused-ring (bicyclic) bond motifs is 1. The predicted molar refractivity (Wildman–Crippen MR) is 126 cm³/mol. The monoisotopic (exact) mass is 446 g/mol. The van der Waals surface area contributed by atoms with Gasteiger partial charge in [-0.2, -0.15) is 0 Å². The van der Waals surface area contributed by atoms with Gasteiger partial charge in [-0.25, -0.2) is 0 Å². The van der Waals surface area contributed by atoms with Crippen molar-refractivity contribution in [2.45, 2.75) is 6.54 Å². The summed E-state index contributed by atoms with van der Waals surface area (Å²) in [5.41, 5.74) is 3.16. The van der Waals surface area contributed by atoms with E-state index < -0.39 is 0 Å². The largest absolute Gasteiger partial charge is 0.507 e. The first-order valence-corrected chi connectivity index (χ1v) is 11.0. The van der Waals surface area contributed by atoms with Gasteiger partial charge in [-0.1, -0.05) is 48.0 Å². The fourth-order valence-electron chi connectivity index (χ4n) is 4.21. The second-order valence-electron chi connectivity index (χ2n) is 8.03. The molecule has 0 atom stereocenters. The zero-order valence-electron chi connectivity index (χ0n) is 17.5. The molecule has 1 saturated heterocycles. The maximum absolute atomic E-state index is 12.9. The third kappa shape index (κ3) is 4.09. The smallest absolute Gasteiger partial charge is 0.231 e. The first kappa shape index (κ1) is 20.6. The van der Waals surface area contributed by atoms with Gasteiger partial charge in [0.15, 0.2) is 5.76 Å². The number of ketones is 1. The van der Waals surface area contributed by atoms with E-state index in [0.29, 0.717) is 23.4 Å². The van der Waals surface area contributed by atoms with Gasteiger partial charge in [0.05, 0.1) is 11.1 Å². The van der Waals surface area contributed by atoms with Crippen molar-refractivity contribution in [2.24, 2.45) is 0 Å². The van der Waals surface area contributed by atoms with E-state index in [-0.39, 0.29) is 17.3 Å². The molecule has 162 valence electrons. The Labute approximate surface area is 192 Å². The number of Topliss-reactive ketones (excluding diaryl/α,β-unsaturated/α-hetero) is 1. The molecule has 0 unspecified atom stereocenters. The summed E-state index contributed by atoms with van der Waals surface area (Å²) in [5.74, 6) is 0.740. The Balaban J connectivity index is 1.32. The Bertz CT molecular complexity index is 1180. The number of aromatic hydroxyl groups is 1. The third-order valence-corrected chi connectivity index (χ3v) is 6.18. The number of rotatable bonds is 4. The highest BCUT2D eigenvalue weighted by molar-refractivity contribution is 6.30. The lowest BCUT2D eigenvalue weighted by Crippen LogP contribution is -2.46. The van der Waals surface area contributed by atoms with Crippen LogP contribution in [-0.2, 0) is 6.54 Å². The highest BCUT2D eigenvalue weighted by Crippen LogP contribution is 2.40. The number of allylic oxidation sites excluding steroid dienone is 1. The van der Waals surface area contributed by atoms with Crippen LogP contribution >= 0.6 is 11.6 Å². The number of hydrogen-bond acceptors (Lipinski definition) is 5. The Hall–Kier alpha value is -3.28. The summed E-state index contributed by atoms with van der Waals surface area (Å²) < 4.78 is 5.98. The summed E-state index contributed by atoms with van der Waals surface area (Å²) in [6.45, 7) is 3.89. The average molecular weight is 447 g/mol. The van der Waals surface area contributed by atoms with Crippen LogP contribution in [0.4, 0.5) is 5.69 Å². The Morgan fingerprint density at radius 2 is 1.75 bits per heavy atom. The van der Waals surface area contributed by atoms with Crippen molar-refractivity contribution in [1.82, 2.24) is 4.90 Å². The SMILES string of the molecule is O=C1/C(=C/c2ccccc2)Oc2c1ccc(O)c2CN1CCN(c2cccc(Cl)c2)CC1. The van der Waals surface area contributed by atoms with E-state index in [1.165, 1.54) is 0 Å². The molecule has 0 spiro atoms. The van der Waals surface area contributed by atoms with Gasteiger partial charge in [-0.15, -0.1) is 0 Å². The number of benzene rings is 3. The van der Waals surface area contributed by atoms with Gasteiger partial charge in [-0.05, 0) is 42.0 Å². The van der Waals surface area contributed by atoms with E-state index in [9.17, 15) is 9.90 Å². The van der Waals surface area contributed by atoms with Crippen LogP contribution in [0.1, 0.15) is 21.5 Å². The molecule has 2 heterocycles. The second-order valence-corrected chi connectivity index (χ2v) is 8.47. The van der Waals surface area contributed by atoms with Crippen molar-refractivity contribution in [1.29, 1.82) is 0 Å². The number of phenols is 1. The zero-order valence-corrected chi connectivity index (χ0v) is 18.3. The van der Waals surface area contributed by atoms with Crippen LogP contribution < -0.4 is 9.64 Å². The summed E-state index contributed by atoms with van der Waals surface area (Å²) in [6, 6.07) is 20.7. The van der Waals surface area contributed by atoms with Crippen LogP contribution in [0.15, 0.2) is 72.5 Å². The van der Waals surface area contributed by atoms with Gasteiger partial charge in [0.2, 0.25) is 5.78 Å². The summed E-state index contributed by atoms with van der Waals surface area (Å²) in [6.07, 6.45) is 1.74. The first-order chi connectivity index (χ1) is 15.6. The van der Waals surface area contributed by atoms with Gasteiger partial charge >= 0.3 is 0 Å². The van der Waals surface area contributed by atoms with E-state index in [1.54, 1.807) is 18.2 Å². The number of carbonyl (C=O) groups excluding carboxylic acids is 1. The number of hydrogen-bond donors (Lipinski definition) is 1. The van der Waals surface area contributed by atoms with Crippen molar-refractivity contribution in [3.8, 4) is 11.5 Å². The fraction of sp³-hybridized carbons (Fsp3) is 0.192. The van der Waals surface area contributed by atoms with Crippen LogP contribution in [-0.4, -0.2) is 42.0 Å². The minimum absolute atomic E-state index is 0.148. The number of halogens is 1. The molecule has 0 saturated carbocycles. The molecule has 3 aromatic carbocycles. The van der Waals surface area contributed by atoms with E-state index in [2.05, 4.69) is 15.9 Å². The van der Waals surface area contributed by atoms with E-state index in [1.807, 2.05) is 48.5 Å². The minimum Gasteiger partial charge on any atom is -0.507 e. The highest BCUT2D eigenvalue weighted by atomic mass is 35.5. The molecule has 0 bridgehead atoms. The molecule has 5 nitrogen and oxygen atoms in total. The van der Waals surface area contributed by atoms with E-state index >= 15 is 0 Å². The lowest BCUT2D eigenvalue weighted by Gasteiger charge is -2.36. The average Bonchev–Trinajstić information content (AvgIpc) is 3.12. The van der Waals surface area contributed by atoms with Crippen molar-refractivity contribution in [2.75, 3.05) is 31.1 Å². The topological polar surface area (TPSA) is 53.0 Å². The van der Waals surface area contributed by atoms with Gasteiger partial charge in [0.25, 0.3) is 0 Å². The Morgan fingerprint density at radius 1 is 0.969 bits per heavy atom. The zero-order chi connectivity index (χ0) is 22.1. The van der Waals surface area contributed by atoms with Crippen LogP contribution in [0.5, 0.6) is 11.5 Å². The lowest BCUT2D eigenvalue weighted by atomic mass is 10.0. The lowest BCUT2D eigenvalue weighted by molar-refractivity contribution is 0.101. The number of nitrogens with zero attached hydrogens (tertiary/aromatic N) is 2. The molecule has 6 heteroatoms.